The van der Waals surface area contributed by atoms with E-state index in [2.05, 4.69) is 0 Å². The lowest BCUT2D eigenvalue weighted by atomic mass is 10.1. The van der Waals surface area contributed by atoms with Crippen LogP contribution in [0.25, 0.3) is 0 Å². The van der Waals surface area contributed by atoms with Gasteiger partial charge >= 0.3 is 11.9 Å². The van der Waals surface area contributed by atoms with Crippen LogP contribution in [0.2, 0.25) is 0 Å². The van der Waals surface area contributed by atoms with E-state index < -0.39 is 24.0 Å². The summed E-state index contributed by atoms with van der Waals surface area (Å²) in [6.07, 6.45) is 6.16. The summed E-state index contributed by atoms with van der Waals surface area (Å²) >= 11 is 0. The Kier molecular flexibility index (Phi) is 19.5. The van der Waals surface area contributed by atoms with Gasteiger partial charge in [0.05, 0.1) is 0 Å². The van der Waals surface area contributed by atoms with Crippen LogP contribution < -0.4 is 0 Å². The number of carboxylic acid groups (broad SMARTS) is 2. The lowest BCUT2D eigenvalue weighted by molar-refractivity contribution is -0.174. The highest BCUT2D eigenvalue weighted by atomic mass is 33.1. The summed E-state index contributed by atoms with van der Waals surface area (Å²) in [4.78, 5) is 51.8. The Labute approximate surface area is 277 Å². The second kappa shape index (κ2) is 21.9. The Morgan fingerprint density at radius 3 is 1.89 bits per heavy atom. The molecule has 2 fully saturated rings. The predicted octanol–water partition coefficient (Wildman–Crippen LogP) is 5.08. The molecular weight excluding hydrogens is 649 g/mol. The fourth-order valence-electron chi connectivity index (χ4n) is 4.98. The molecule has 0 saturated carbocycles. The Morgan fingerprint density at radius 2 is 1.34 bits per heavy atom. The van der Waals surface area contributed by atoms with E-state index in [4.69, 9.17) is 14.2 Å². The zero-order chi connectivity index (χ0) is 32.5. The van der Waals surface area contributed by atoms with E-state index in [1.165, 1.54) is 9.80 Å². The Balaban J connectivity index is 1.77. The van der Waals surface area contributed by atoms with Crippen LogP contribution in [0.5, 0.6) is 0 Å². The number of carbonyl (C=O) groups excluding carboxylic acids is 2. The zero-order valence-electron chi connectivity index (χ0n) is 26.4. The first-order chi connectivity index (χ1) is 21.1. The van der Waals surface area contributed by atoms with Gasteiger partial charge in [0.2, 0.25) is 11.8 Å². The Hall–Kier alpha value is -0.840. The molecule has 6 atom stereocenters. The molecule has 44 heavy (non-hydrogen) atoms. The van der Waals surface area contributed by atoms with E-state index >= 15 is 0 Å². The molecule has 2 aliphatic rings. The van der Waals surface area contributed by atoms with Gasteiger partial charge < -0.3 is 34.2 Å². The number of carboxylic acids is 2. The third kappa shape index (κ3) is 13.9. The highest BCUT2D eigenvalue weighted by molar-refractivity contribution is 8.78. The highest BCUT2D eigenvalue weighted by Crippen LogP contribution is 2.37. The maximum absolute atomic E-state index is 12.9. The van der Waals surface area contributed by atoms with Crippen molar-refractivity contribution in [3.63, 3.8) is 0 Å². The molecule has 2 N–H and O–H groups in total. The molecule has 2 saturated heterocycles. The fraction of sp³-hybridized carbons (Fsp3) is 0.862. The van der Waals surface area contributed by atoms with Crippen molar-refractivity contribution in [2.45, 2.75) is 95.8 Å². The van der Waals surface area contributed by atoms with Crippen molar-refractivity contribution in [1.82, 2.24) is 9.80 Å². The SMILES string of the molecule is COC(C)OCOCCCCCC(CSSCC(C)C(=O)N1CCCC1C(=O)O)SSCC(C)C(=O)N1CCCC1C(=O)O. The van der Waals surface area contributed by atoms with Gasteiger partial charge in [-0.05, 0) is 45.4 Å². The van der Waals surface area contributed by atoms with Crippen molar-refractivity contribution >= 4 is 66.9 Å². The van der Waals surface area contributed by atoms with Gasteiger partial charge in [-0.15, -0.1) is 0 Å². The molecule has 0 aromatic rings. The van der Waals surface area contributed by atoms with Crippen LogP contribution in [0.3, 0.4) is 0 Å². The van der Waals surface area contributed by atoms with Crippen LogP contribution in [-0.2, 0) is 33.4 Å². The van der Waals surface area contributed by atoms with Crippen molar-refractivity contribution in [1.29, 1.82) is 0 Å². The molecule has 6 unspecified atom stereocenters. The van der Waals surface area contributed by atoms with E-state index in [9.17, 15) is 29.4 Å². The monoisotopic (exact) mass is 698 g/mol. The van der Waals surface area contributed by atoms with Gasteiger partial charge in [-0.3, -0.25) is 9.59 Å². The zero-order valence-corrected chi connectivity index (χ0v) is 29.6. The number of amides is 2. The van der Waals surface area contributed by atoms with Crippen LogP contribution in [0, 0.1) is 11.8 Å². The largest absolute Gasteiger partial charge is 0.480 e. The number of ether oxygens (including phenoxy) is 3. The predicted molar refractivity (Wildman–Crippen MR) is 179 cm³/mol. The first-order valence-corrected chi connectivity index (χ1v) is 20.2. The second-order valence-electron chi connectivity index (χ2n) is 11.3. The highest BCUT2D eigenvalue weighted by Gasteiger charge is 2.37. The van der Waals surface area contributed by atoms with Crippen LogP contribution >= 0.6 is 43.2 Å². The summed E-state index contributed by atoms with van der Waals surface area (Å²) in [5.74, 6) is -0.449. The summed E-state index contributed by atoms with van der Waals surface area (Å²) in [6, 6.07) is -1.42. The van der Waals surface area contributed by atoms with E-state index in [1.54, 1.807) is 50.3 Å². The number of aliphatic carboxylic acids is 2. The standard InChI is InChI=1S/C29H50N2O9S4/c1-20(26(32)30-13-8-11-24(30)28(34)35)16-41-42-18-23(10-6-5-7-15-39-19-40-22(3)38-4)44-43-17-21(2)27(33)31-14-9-12-25(31)29(36)37/h20-25H,5-19H2,1-4H3,(H,34,35)(H,36,37). The lowest BCUT2D eigenvalue weighted by Crippen LogP contribution is -2.43. The van der Waals surface area contributed by atoms with Crippen LogP contribution in [0.15, 0.2) is 0 Å². The van der Waals surface area contributed by atoms with Crippen molar-refractivity contribution in [3.05, 3.63) is 0 Å². The number of rotatable bonds is 23. The molecule has 0 aromatic carbocycles. The van der Waals surface area contributed by atoms with Crippen molar-refractivity contribution < 1.29 is 43.6 Å². The van der Waals surface area contributed by atoms with Crippen LogP contribution in [0.1, 0.15) is 72.1 Å². The van der Waals surface area contributed by atoms with Gasteiger partial charge in [-0.1, -0.05) is 69.9 Å². The van der Waals surface area contributed by atoms with Gasteiger partial charge in [0.1, 0.15) is 18.9 Å². The third-order valence-electron chi connectivity index (χ3n) is 7.70. The first kappa shape index (κ1) is 39.3. The Bertz CT molecular complexity index is 903. The van der Waals surface area contributed by atoms with Gasteiger partial charge in [-0.2, -0.15) is 0 Å². The van der Waals surface area contributed by atoms with Gasteiger partial charge in [0.15, 0.2) is 6.29 Å². The van der Waals surface area contributed by atoms with E-state index in [1.807, 2.05) is 20.8 Å². The second-order valence-corrected chi connectivity index (χ2v) is 16.5. The number of hydrogen-bond donors (Lipinski definition) is 2. The molecule has 254 valence electrons. The lowest BCUT2D eigenvalue weighted by Gasteiger charge is -2.25. The van der Waals surface area contributed by atoms with Gasteiger partial charge in [-0.25, -0.2) is 9.59 Å². The maximum atomic E-state index is 12.9. The molecule has 2 amide bonds. The molecule has 2 rings (SSSR count). The molecule has 2 aliphatic heterocycles. The van der Waals surface area contributed by atoms with Crippen molar-refractivity contribution in [2.24, 2.45) is 11.8 Å². The smallest absolute Gasteiger partial charge is 0.326 e. The van der Waals surface area contributed by atoms with Gasteiger partial charge in [0.25, 0.3) is 0 Å². The minimum atomic E-state index is -0.930. The number of unbranched alkanes of at least 4 members (excludes halogenated alkanes) is 2. The van der Waals surface area contributed by atoms with E-state index in [0.717, 1.165) is 44.3 Å². The molecular formula is C29H50N2O9S4. The normalized spacial score (nSPS) is 21.3. The molecule has 0 aliphatic carbocycles. The number of methoxy groups -OCH3 is 1. The molecule has 2 heterocycles. The van der Waals surface area contributed by atoms with Crippen LogP contribution in [-0.4, -0.2) is 118 Å². The summed E-state index contributed by atoms with van der Waals surface area (Å²) in [5, 5.41) is 19.2. The number of likely N-dealkylation sites (tertiary alicyclic amines) is 2. The van der Waals surface area contributed by atoms with E-state index in [-0.39, 0.29) is 36.7 Å². The molecule has 0 bridgehead atoms. The molecule has 15 heteroatoms. The van der Waals surface area contributed by atoms with Crippen molar-refractivity contribution in [2.75, 3.05) is 50.9 Å². The average molecular weight is 699 g/mol. The number of hydrogen-bond acceptors (Lipinski definition) is 11. The van der Waals surface area contributed by atoms with Gasteiger partial charge in [0, 0.05) is 61.2 Å². The summed E-state index contributed by atoms with van der Waals surface area (Å²) < 4.78 is 15.9. The quantitative estimate of drug-likeness (QED) is 0.0832. The van der Waals surface area contributed by atoms with Crippen LogP contribution in [0.4, 0.5) is 0 Å². The minimum Gasteiger partial charge on any atom is -0.480 e. The number of carbonyl (C=O) groups is 4. The summed E-state index contributed by atoms with van der Waals surface area (Å²) in [5.41, 5.74) is 0. The topological polar surface area (TPSA) is 143 Å². The summed E-state index contributed by atoms with van der Waals surface area (Å²) in [7, 11) is 8.40. The first-order valence-electron chi connectivity index (χ1n) is 15.4. The molecule has 0 radical (unpaired) electrons. The molecule has 11 nitrogen and oxygen atoms in total. The Morgan fingerprint density at radius 1 is 0.795 bits per heavy atom. The van der Waals surface area contributed by atoms with E-state index in [0.29, 0.717) is 49.3 Å². The van der Waals surface area contributed by atoms with Crippen molar-refractivity contribution in [3.8, 4) is 0 Å². The summed E-state index contributed by atoms with van der Waals surface area (Å²) in [6.45, 7) is 7.39. The fourth-order valence-corrected chi connectivity index (χ4v) is 11.3. The number of nitrogens with zero attached hydrogens (tertiary/aromatic N) is 2. The molecule has 0 spiro atoms. The average Bonchev–Trinajstić information content (AvgIpc) is 3.70. The minimum absolute atomic E-state index is 0.0874. The maximum Gasteiger partial charge on any atom is 0.326 e. The molecule has 0 aromatic heterocycles. The third-order valence-corrected chi connectivity index (χ3v) is 13.6.